The average molecular weight is 318 g/mol. The first-order chi connectivity index (χ1) is 7.93. The molecule has 92 valence electrons. The lowest BCUT2D eigenvalue weighted by atomic mass is 10.3. The predicted molar refractivity (Wildman–Crippen MR) is 69.3 cm³/mol. The first-order valence-corrected chi connectivity index (χ1v) is 6.90. The summed E-state index contributed by atoms with van der Waals surface area (Å²) in [6.07, 6.45) is 5.11. The third kappa shape index (κ3) is 3.00. The van der Waals surface area contributed by atoms with Gasteiger partial charge in [0.2, 0.25) is 10.0 Å². The average Bonchev–Trinajstić information content (AvgIpc) is 2.29. The summed E-state index contributed by atoms with van der Waals surface area (Å²) in [5, 5.41) is 0. The second-order valence-corrected chi connectivity index (χ2v) is 6.19. The van der Waals surface area contributed by atoms with Crippen LogP contribution in [0.5, 0.6) is 5.75 Å². The Morgan fingerprint density at radius 3 is 2.71 bits per heavy atom. The summed E-state index contributed by atoms with van der Waals surface area (Å²) in [6.45, 7) is 0.0119. The van der Waals surface area contributed by atoms with Crippen molar-refractivity contribution in [1.82, 2.24) is 4.31 Å². The van der Waals surface area contributed by atoms with Crippen LogP contribution in [-0.4, -0.2) is 33.4 Å². The molecular formula is C11H12BrNO3S. The van der Waals surface area contributed by atoms with Gasteiger partial charge < -0.3 is 4.74 Å². The summed E-state index contributed by atoms with van der Waals surface area (Å²) in [7, 11) is -0.784. The fourth-order valence-corrected chi connectivity index (χ4v) is 3.01. The summed E-state index contributed by atoms with van der Waals surface area (Å²) in [5.74, 6) is 2.58. The first-order valence-electron chi connectivity index (χ1n) is 4.67. The van der Waals surface area contributed by atoms with Crippen LogP contribution < -0.4 is 4.74 Å². The third-order valence-corrected chi connectivity index (χ3v) is 4.45. The minimum Gasteiger partial charge on any atom is -0.495 e. The Morgan fingerprint density at radius 1 is 1.53 bits per heavy atom. The maximum Gasteiger partial charge on any atom is 0.247 e. The van der Waals surface area contributed by atoms with Crippen LogP contribution in [0.4, 0.5) is 0 Å². The highest BCUT2D eigenvalue weighted by Crippen LogP contribution is 2.29. The quantitative estimate of drug-likeness (QED) is 0.794. The molecular weight excluding hydrogens is 306 g/mol. The Balaban J connectivity index is 3.33. The molecule has 1 aromatic rings. The highest BCUT2D eigenvalue weighted by Gasteiger charge is 2.24. The monoisotopic (exact) mass is 317 g/mol. The van der Waals surface area contributed by atoms with Gasteiger partial charge in [-0.05, 0) is 18.2 Å². The molecule has 0 heterocycles. The number of ether oxygens (including phenoxy) is 1. The van der Waals surface area contributed by atoms with Crippen molar-refractivity contribution in [2.24, 2.45) is 0 Å². The van der Waals surface area contributed by atoms with E-state index >= 15 is 0 Å². The SMILES string of the molecule is C#CCN(C)S(=O)(=O)c1cc(Br)ccc1OC. The molecule has 0 amide bonds. The number of hydrogen-bond acceptors (Lipinski definition) is 3. The van der Waals surface area contributed by atoms with Gasteiger partial charge in [-0.3, -0.25) is 0 Å². The number of nitrogens with zero attached hydrogens (tertiary/aromatic N) is 1. The van der Waals surface area contributed by atoms with Gasteiger partial charge in [0, 0.05) is 11.5 Å². The molecule has 6 heteroatoms. The summed E-state index contributed by atoms with van der Waals surface area (Å²) in [6, 6.07) is 4.78. The molecule has 0 aliphatic rings. The molecule has 1 rings (SSSR count). The molecule has 0 fully saturated rings. The fourth-order valence-electron chi connectivity index (χ4n) is 1.23. The van der Waals surface area contributed by atoms with Crippen molar-refractivity contribution in [2.75, 3.05) is 20.7 Å². The molecule has 0 unspecified atom stereocenters. The molecule has 17 heavy (non-hydrogen) atoms. The highest BCUT2D eigenvalue weighted by atomic mass is 79.9. The maximum atomic E-state index is 12.2. The van der Waals surface area contributed by atoms with E-state index in [-0.39, 0.29) is 17.2 Å². The second-order valence-electron chi connectivity index (χ2n) is 3.26. The van der Waals surface area contributed by atoms with E-state index in [1.54, 1.807) is 12.1 Å². The van der Waals surface area contributed by atoms with Crippen LogP contribution >= 0.6 is 15.9 Å². The van der Waals surface area contributed by atoms with Gasteiger partial charge in [-0.2, -0.15) is 4.31 Å². The summed E-state index contributed by atoms with van der Waals surface area (Å²) in [4.78, 5) is 0.0899. The fraction of sp³-hybridized carbons (Fsp3) is 0.273. The largest absolute Gasteiger partial charge is 0.495 e. The van der Waals surface area contributed by atoms with E-state index in [0.717, 1.165) is 4.31 Å². The maximum absolute atomic E-state index is 12.2. The number of benzene rings is 1. The van der Waals surface area contributed by atoms with Crippen molar-refractivity contribution in [3.8, 4) is 18.1 Å². The lowest BCUT2D eigenvalue weighted by molar-refractivity contribution is 0.399. The molecule has 0 aliphatic heterocycles. The Hall–Kier alpha value is -1.03. The molecule has 0 aromatic heterocycles. The van der Waals surface area contributed by atoms with E-state index in [4.69, 9.17) is 11.2 Å². The summed E-state index contributed by atoms with van der Waals surface area (Å²) in [5.41, 5.74) is 0. The Bertz CT molecular complexity index is 548. The minimum atomic E-state index is -3.63. The van der Waals surface area contributed by atoms with E-state index in [2.05, 4.69) is 21.9 Å². The van der Waals surface area contributed by atoms with Crippen molar-refractivity contribution in [3.63, 3.8) is 0 Å². The van der Waals surface area contributed by atoms with Gasteiger partial charge in [-0.1, -0.05) is 21.9 Å². The number of sulfonamides is 1. The number of rotatable bonds is 4. The van der Waals surface area contributed by atoms with Crippen LogP contribution in [0.3, 0.4) is 0 Å². The lowest BCUT2D eigenvalue weighted by Crippen LogP contribution is -2.27. The smallest absolute Gasteiger partial charge is 0.247 e. The number of methoxy groups -OCH3 is 1. The first kappa shape index (κ1) is 14.0. The molecule has 4 nitrogen and oxygen atoms in total. The van der Waals surface area contributed by atoms with E-state index in [9.17, 15) is 8.42 Å². The van der Waals surface area contributed by atoms with Crippen molar-refractivity contribution in [2.45, 2.75) is 4.90 Å². The number of terminal acetylenes is 1. The van der Waals surface area contributed by atoms with Crippen LogP contribution in [0.1, 0.15) is 0 Å². The van der Waals surface area contributed by atoms with Crippen molar-refractivity contribution >= 4 is 26.0 Å². The molecule has 0 aliphatic carbocycles. The van der Waals surface area contributed by atoms with Crippen LogP contribution in [0.25, 0.3) is 0 Å². The van der Waals surface area contributed by atoms with Gasteiger partial charge >= 0.3 is 0 Å². The zero-order valence-corrected chi connectivity index (χ0v) is 11.9. The van der Waals surface area contributed by atoms with Crippen molar-refractivity contribution in [1.29, 1.82) is 0 Å². The molecule has 0 saturated carbocycles. The third-order valence-electron chi connectivity index (χ3n) is 2.13. The normalized spacial score (nSPS) is 11.2. The Morgan fingerprint density at radius 2 is 2.18 bits per heavy atom. The number of hydrogen-bond donors (Lipinski definition) is 0. The lowest BCUT2D eigenvalue weighted by Gasteiger charge is -2.16. The molecule has 0 atom stereocenters. The van der Waals surface area contributed by atoms with E-state index in [1.807, 2.05) is 0 Å². The standard InChI is InChI=1S/C11H12BrNO3S/c1-4-7-13(2)17(14,15)11-8-9(12)5-6-10(11)16-3/h1,5-6,8H,7H2,2-3H3. The topological polar surface area (TPSA) is 46.6 Å². The van der Waals surface area contributed by atoms with Gasteiger partial charge in [-0.15, -0.1) is 6.42 Å². The van der Waals surface area contributed by atoms with E-state index < -0.39 is 10.0 Å². The van der Waals surface area contributed by atoms with Gasteiger partial charge in [0.1, 0.15) is 10.6 Å². The summed E-state index contributed by atoms with van der Waals surface area (Å²) >= 11 is 3.23. The Kier molecular flexibility index (Phi) is 4.57. The zero-order chi connectivity index (χ0) is 13.1. The van der Waals surface area contributed by atoms with Crippen LogP contribution in [0.2, 0.25) is 0 Å². The minimum absolute atomic E-state index is 0.0119. The highest BCUT2D eigenvalue weighted by molar-refractivity contribution is 9.10. The van der Waals surface area contributed by atoms with E-state index in [0.29, 0.717) is 4.47 Å². The molecule has 0 radical (unpaired) electrons. The van der Waals surface area contributed by atoms with Gasteiger partial charge in [0.25, 0.3) is 0 Å². The van der Waals surface area contributed by atoms with Crippen molar-refractivity contribution < 1.29 is 13.2 Å². The zero-order valence-electron chi connectivity index (χ0n) is 9.47. The Labute approximate surface area is 110 Å². The van der Waals surface area contributed by atoms with Crippen LogP contribution in [-0.2, 0) is 10.0 Å². The van der Waals surface area contributed by atoms with Crippen LogP contribution in [0, 0.1) is 12.3 Å². The predicted octanol–water partition coefficient (Wildman–Crippen LogP) is 1.71. The van der Waals surface area contributed by atoms with Gasteiger partial charge in [0.05, 0.1) is 13.7 Å². The molecule has 0 N–H and O–H groups in total. The second kappa shape index (κ2) is 5.54. The van der Waals surface area contributed by atoms with Gasteiger partial charge in [-0.25, -0.2) is 8.42 Å². The van der Waals surface area contributed by atoms with Crippen molar-refractivity contribution in [3.05, 3.63) is 22.7 Å². The number of halogens is 1. The summed E-state index contributed by atoms with van der Waals surface area (Å²) < 4.78 is 31.2. The van der Waals surface area contributed by atoms with Gasteiger partial charge in [0.15, 0.2) is 0 Å². The molecule has 0 bridgehead atoms. The molecule has 1 aromatic carbocycles. The van der Waals surface area contributed by atoms with Crippen LogP contribution in [0.15, 0.2) is 27.6 Å². The van der Waals surface area contributed by atoms with E-state index in [1.165, 1.54) is 20.2 Å². The molecule has 0 saturated heterocycles. The molecule has 0 spiro atoms.